The Kier molecular flexibility index (Phi) is 9.07. The van der Waals surface area contributed by atoms with E-state index in [1.54, 1.807) is 12.1 Å². The van der Waals surface area contributed by atoms with Crippen LogP contribution in [0.5, 0.6) is 0 Å². The number of rotatable bonds is 11. The first-order valence-electron chi connectivity index (χ1n) is 8.46. The molecule has 1 N–H and O–H groups in total. The zero-order chi connectivity index (χ0) is 15.5. The van der Waals surface area contributed by atoms with Gasteiger partial charge in [0.05, 0.1) is 0 Å². The number of unbranched alkanes of at least 4 members (excludes halogenated alkanes) is 2. The van der Waals surface area contributed by atoms with Crippen molar-refractivity contribution in [1.82, 2.24) is 5.32 Å². The van der Waals surface area contributed by atoms with E-state index in [-0.39, 0.29) is 5.82 Å². The van der Waals surface area contributed by atoms with Crippen molar-refractivity contribution in [3.63, 3.8) is 0 Å². The second-order valence-electron chi connectivity index (χ2n) is 5.69. The zero-order valence-corrected chi connectivity index (χ0v) is 13.9. The molecule has 0 heterocycles. The highest BCUT2D eigenvalue weighted by Gasteiger charge is 2.08. The van der Waals surface area contributed by atoms with E-state index in [1.807, 2.05) is 0 Å². The standard InChI is InChI=1S/C18H31FN2/c1-4-7-10-21(11-8-5-2)18-13-16(12-17(19)14-18)15-20-9-6-3/h12-14,20H,4-11,15H2,1-3H3. The predicted molar refractivity (Wildman–Crippen MR) is 90.4 cm³/mol. The summed E-state index contributed by atoms with van der Waals surface area (Å²) < 4.78 is 13.9. The number of nitrogens with zero attached hydrogens (tertiary/aromatic N) is 1. The molecule has 2 nitrogen and oxygen atoms in total. The molecule has 0 unspecified atom stereocenters. The number of benzene rings is 1. The van der Waals surface area contributed by atoms with Crippen LogP contribution in [0.1, 0.15) is 58.4 Å². The van der Waals surface area contributed by atoms with Crippen LogP contribution in [0, 0.1) is 5.82 Å². The molecule has 0 aliphatic rings. The Labute approximate surface area is 129 Å². The number of halogens is 1. The summed E-state index contributed by atoms with van der Waals surface area (Å²) in [4.78, 5) is 2.33. The fraction of sp³-hybridized carbons (Fsp3) is 0.667. The van der Waals surface area contributed by atoms with Gasteiger partial charge in [-0.05, 0) is 49.6 Å². The third-order valence-electron chi connectivity index (χ3n) is 3.63. The third kappa shape index (κ3) is 6.94. The normalized spacial score (nSPS) is 10.9. The predicted octanol–water partition coefficient (Wildman–Crippen LogP) is 4.73. The van der Waals surface area contributed by atoms with Crippen LogP contribution in [0.2, 0.25) is 0 Å². The molecule has 0 bridgehead atoms. The highest BCUT2D eigenvalue weighted by Crippen LogP contribution is 2.20. The van der Waals surface area contributed by atoms with Gasteiger partial charge < -0.3 is 10.2 Å². The number of anilines is 1. The van der Waals surface area contributed by atoms with Crippen LogP contribution in [-0.2, 0) is 6.54 Å². The Morgan fingerprint density at radius 1 is 0.952 bits per heavy atom. The zero-order valence-electron chi connectivity index (χ0n) is 13.9. The molecule has 0 aliphatic heterocycles. The lowest BCUT2D eigenvalue weighted by molar-refractivity contribution is 0.615. The number of nitrogens with one attached hydrogen (secondary N) is 1. The molecule has 1 aromatic rings. The Hall–Kier alpha value is -1.09. The monoisotopic (exact) mass is 294 g/mol. The fourth-order valence-corrected chi connectivity index (χ4v) is 2.40. The van der Waals surface area contributed by atoms with Gasteiger partial charge in [0.2, 0.25) is 0 Å². The van der Waals surface area contributed by atoms with E-state index < -0.39 is 0 Å². The minimum atomic E-state index is -0.126. The highest BCUT2D eigenvalue weighted by molar-refractivity contribution is 5.49. The van der Waals surface area contributed by atoms with Crippen molar-refractivity contribution in [2.75, 3.05) is 24.5 Å². The highest BCUT2D eigenvalue weighted by atomic mass is 19.1. The number of hydrogen-bond acceptors (Lipinski definition) is 2. The molecule has 0 saturated heterocycles. The molecular formula is C18H31FN2. The van der Waals surface area contributed by atoms with Crippen LogP contribution < -0.4 is 10.2 Å². The summed E-state index contributed by atoms with van der Waals surface area (Å²) in [6, 6.07) is 5.45. The topological polar surface area (TPSA) is 15.3 Å². The molecule has 0 fully saturated rings. The molecule has 3 heteroatoms. The quantitative estimate of drug-likeness (QED) is 0.593. The fourth-order valence-electron chi connectivity index (χ4n) is 2.40. The van der Waals surface area contributed by atoms with Crippen molar-refractivity contribution in [3.05, 3.63) is 29.6 Å². The van der Waals surface area contributed by atoms with Crippen LogP contribution in [-0.4, -0.2) is 19.6 Å². The molecule has 0 atom stereocenters. The van der Waals surface area contributed by atoms with E-state index in [0.717, 1.165) is 56.7 Å². The molecule has 0 amide bonds. The van der Waals surface area contributed by atoms with E-state index in [0.29, 0.717) is 0 Å². The van der Waals surface area contributed by atoms with Gasteiger partial charge in [-0.15, -0.1) is 0 Å². The summed E-state index contributed by atoms with van der Waals surface area (Å²) in [5.74, 6) is -0.126. The molecule has 0 saturated carbocycles. The van der Waals surface area contributed by atoms with Gasteiger partial charge in [-0.3, -0.25) is 0 Å². The molecule has 0 aromatic heterocycles. The van der Waals surface area contributed by atoms with Crippen molar-refractivity contribution in [2.24, 2.45) is 0 Å². The molecule has 1 aromatic carbocycles. The van der Waals surface area contributed by atoms with E-state index in [1.165, 1.54) is 12.8 Å². The third-order valence-corrected chi connectivity index (χ3v) is 3.63. The van der Waals surface area contributed by atoms with Crippen molar-refractivity contribution in [1.29, 1.82) is 0 Å². The minimum absolute atomic E-state index is 0.126. The van der Waals surface area contributed by atoms with Crippen molar-refractivity contribution in [3.8, 4) is 0 Å². The van der Waals surface area contributed by atoms with Gasteiger partial charge in [-0.1, -0.05) is 33.6 Å². The smallest absolute Gasteiger partial charge is 0.125 e. The summed E-state index contributed by atoms with van der Waals surface area (Å²) in [6.07, 6.45) is 5.75. The molecule has 0 aliphatic carbocycles. The molecule has 0 spiro atoms. The molecule has 120 valence electrons. The maximum absolute atomic E-state index is 13.9. The number of hydrogen-bond donors (Lipinski definition) is 1. The van der Waals surface area contributed by atoms with Crippen molar-refractivity contribution < 1.29 is 4.39 Å². The van der Waals surface area contributed by atoms with Crippen LogP contribution in [0.4, 0.5) is 10.1 Å². The van der Waals surface area contributed by atoms with Crippen LogP contribution in [0.25, 0.3) is 0 Å². The summed E-state index contributed by atoms with van der Waals surface area (Å²) >= 11 is 0. The lowest BCUT2D eigenvalue weighted by Gasteiger charge is -2.25. The second-order valence-corrected chi connectivity index (χ2v) is 5.69. The second kappa shape index (κ2) is 10.6. The van der Waals surface area contributed by atoms with Gasteiger partial charge in [0.15, 0.2) is 0 Å². The van der Waals surface area contributed by atoms with Gasteiger partial charge in [0.1, 0.15) is 5.82 Å². The van der Waals surface area contributed by atoms with Gasteiger partial charge in [-0.2, -0.15) is 0 Å². The Bertz CT molecular complexity index is 385. The summed E-state index contributed by atoms with van der Waals surface area (Å²) in [6.45, 7) is 10.3. The SMILES string of the molecule is CCCCN(CCCC)c1cc(F)cc(CNCCC)c1. The summed E-state index contributed by atoms with van der Waals surface area (Å²) in [7, 11) is 0. The van der Waals surface area contributed by atoms with Crippen molar-refractivity contribution in [2.45, 2.75) is 59.4 Å². The van der Waals surface area contributed by atoms with E-state index in [4.69, 9.17) is 0 Å². The van der Waals surface area contributed by atoms with E-state index in [9.17, 15) is 4.39 Å². The summed E-state index contributed by atoms with van der Waals surface area (Å²) in [5, 5.41) is 3.35. The Balaban J connectivity index is 2.79. The average molecular weight is 294 g/mol. The minimum Gasteiger partial charge on any atom is -0.371 e. The van der Waals surface area contributed by atoms with Gasteiger partial charge >= 0.3 is 0 Å². The molecular weight excluding hydrogens is 263 g/mol. The first-order valence-corrected chi connectivity index (χ1v) is 8.46. The van der Waals surface area contributed by atoms with Crippen molar-refractivity contribution >= 4 is 5.69 Å². The first kappa shape index (κ1) is 18.0. The largest absolute Gasteiger partial charge is 0.371 e. The molecule has 1 rings (SSSR count). The summed E-state index contributed by atoms with van der Waals surface area (Å²) in [5.41, 5.74) is 2.07. The van der Waals surface area contributed by atoms with Crippen LogP contribution in [0.15, 0.2) is 18.2 Å². The Morgan fingerprint density at radius 2 is 1.62 bits per heavy atom. The van der Waals surface area contributed by atoms with E-state index in [2.05, 4.69) is 37.1 Å². The lowest BCUT2D eigenvalue weighted by atomic mass is 10.1. The van der Waals surface area contributed by atoms with Crippen LogP contribution in [0.3, 0.4) is 0 Å². The van der Waals surface area contributed by atoms with Gasteiger partial charge in [0, 0.05) is 25.3 Å². The molecule has 21 heavy (non-hydrogen) atoms. The average Bonchev–Trinajstić information content (AvgIpc) is 2.47. The maximum Gasteiger partial charge on any atom is 0.125 e. The maximum atomic E-state index is 13.9. The lowest BCUT2D eigenvalue weighted by Crippen LogP contribution is -2.26. The Morgan fingerprint density at radius 3 is 2.19 bits per heavy atom. The van der Waals surface area contributed by atoms with E-state index >= 15 is 0 Å². The first-order chi connectivity index (χ1) is 10.2. The molecule has 0 radical (unpaired) electrons. The van der Waals surface area contributed by atoms with Gasteiger partial charge in [0.25, 0.3) is 0 Å². The van der Waals surface area contributed by atoms with Crippen LogP contribution >= 0.6 is 0 Å². The van der Waals surface area contributed by atoms with Gasteiger partial charge in [-0.25, -0.2) is 4.39 Å².